The molecule has 0 aliphatic carbocycles. The number of hydrogen-bond donors (Lipinski definition) is 2. The lowest BCUT2D eigenvalue weighted by Gasteiger charge is -2.26. The average molecular weight is 500 g/mol. The zero-order valence-corrected chi connectivity index (χ0v) is 20.0. The largest absolute Gasteiger partial charge is 0.466 e. The molecule has 0 aromatic heterocycles. The van der Waals surface area contributed by atoms with Crippen LogP contribution in [0.2, 0.25) is 0 Å². The molecule has 0 bridgehead atoms. The molecule has 2 atom stereocenters. The maximum absolute atomic E-state index is 13.8. The van der Waals surface area contributed by atoms with Gasteiger partial charge in [-0.25, -0.2) is 0 Å². The van der Waals surface area contributed by atoms with Crippen molar-refractivity contribution in [2.75, 3.05) is 6.61 Å². The van der Waals surface area contributed by atoms with E-state index in [9.17, 15) is 24.5 Å². The molecule has 0 aliphatic rings. The number of nitrogens with zero attached hydrogens (tertiary/aromatic N) is 1. The fraction of sp³-hybridized carbons (Fsp3) is 0.179. The molecule has 4 rings (SSSR count). The minimum atomic E-state index is -1.30. The van der Waals surface area contributed by atoms with E-state index in [0.29, 0.717) is 21.9 Å². The van der Waals surface area contributed by atoms with Gasteiger partial charge in [-0.2, -0.15) is 0 Å². The third kappa shape index (κ3) is 5.40. The zero-order valence-electron chi connectivity index (χ0n) is 20.0. The van der Waals surface area contributed by atoms with E-state index < -0.39 is 34.7 Å². The molecule has 0 saturated heterocycles. The zero-order chi connectivity index (χ0) is 26.5. The number of esters is 1. The summed E-state index contributed by atoms with van der Waals surface area (Å²) in [4.78, 5) is 49.4. The predicted molar refractivity (Wildman–Crippen MR) is 139 cm³/mol. The number of nitrogens with two attached hydrogens (primary N) is 1. The number of ether oxygens (including phenoxy) is 1. The molecular weight excluding hydrogens is 474 g/mol. The third-order valence-electron chi connectivity index (χ3n) is 6.22. The lowest BCUT2D eigenvalue weighted by atomic mass is 9.87. The second kappa shape index (κ2) is 10.9. The maximum atomic E-state index is 13.8. The van der Waals surface area contributed by atoms with Crippen molar-refractivity contribution in [2.45, 2.75) is 25.3 Å². The first kappa shape index (κ1) is 25.3. The SMILES string of the molecule is CCOC(=O)C[C@H](c1ccc([N+](=O)[O-])cc1)[C@H](NC(=O)c1c2ccccc2cc2ccccc12)C(N)=O. The van der Waals surface area contributed by atoms with Crippen LogP contribution in [0.5, 0.6) is 0 Å². The third-order valence-corrected chi connectivity index (χ3v) is 6.22. The first-order chi connectivity index (χ1) is 17.8. The van der Waals surface area contributed by atoms with Crippen molar-refractivity contribution in [1.29, 1.82) is 0 Å². The molecule has 0 radical (unpaired) electrons. The second-order valence-corrected chi connectivity index (χ2v) is 8.51. The number of rotatable bonds is 9. The van der Waals surface area contributed by atoms with Crippen LogP contribution in [0.25, 0.3) is 21.5 Å². The minimum absolute atomic E-state index is 0.126. The quantitative estimate of drug-likeness (QED) is 0.153. The van der Waals surface area contributed by atoms with Gasteiger partial charge in [0.1, 0.15) is 6.04 Å². The number of fused-ring (bicyclic) bond motifs is 2. The summed E-state index contributed by atoms with van der Waals surface area (Å²) in [6.45, 7) is 1.78. The van der Waals surface area contributed by atoms with Gasteiger partial charge in [-0.05, 0) is 40.1 Å². The number of amides is 2. The van der Waals surface area contributed by atoms with Crippen molar-refractivity contribution in [1.82, 2.24) is 5.32 Å². The Morgan fingerprint density at radius 1 is 0.946 bits per heavy atom. The van der Waals surface area contributed by atoms with Crippen LogP contribution in [-0.4, -0.2) is 35.4 Å². The molecule has 0 heterocycles. The first-order valence-electron chi connectivity index (χ1n) is 11.7. The van der Waals surface area contributed by atoms with Crippen LogP contribution in [0.4, 0.5) is 5.69 Å². The van der Waals surface area contributed by atoms with Gasteiger partial charge in [-0.15, -0.1) is 0 Å². The molecule has 2 amide bonds. The topological polar surface area (TPSA) is 142 Å². The Labute approximate surface area is 212 Å². The number of carbonyl (C=O) groups is 3. The molecule has 0 fully saturated rings. The Bertz CT molecular complexity index is 1450. The summed E-state index contributed by atoms with van der Waals surface area (Å²) < 4.78 is 5.08. The Morgan fingerprint density at radius 3 is 2.03 bits per heavy atom. The number of benzene rings is 4. The highest BCUT2D eigenvalue weighted by molar-refractivity contribution is 6.18. The first-order valence-corrected chi connectivity index (χ1v) is 11.7. The molecule has 9 heteroatoms. The van der Waals surface area contributed by atoms with E-state index in [1.165, 1.54) is 24.3 Å². The molecule has 0 saturated carbocycles. The van der Waals surface area contributed by atoms with Crippen LogP contribution in [0.3, 0.4) is 0 Å². The van der Waals surface area contributed by atoms with E-state index in [1.807, 2.05) is 54.6 Å². The van der Waals surface area contributed by atoms with Gasteiger partial charge in [-0.3, -0.25) is 24.5 Å². The molecular formula is C28H25N3O6. The van der Waals surface area contributed by atoms with Crippen LogP contribution in [0.15, 0.2) is 78.9 Å². The van der Waals surface area contributed by atoms with Crippen molar-refractivity contribution in [3.8, 4) is 0 Å². The van der Waals surface area contributed by atoms with Crippen LogP contribution in [-0.2, 0) is 14.3 Å². The molecule has 4 aromatic carbocycles. The van der Waals surface area contributed by atoms with Gasteiger partial charge in [0.25, 0.3) is 11.6 Å². The standard InChI is InChI=1S/C28H25N3O6/c1-2-37-24(32)16-23(17-11-13-20(14-12-17)31(35)36)26(27(29)33)30-28(34)25-21-9-5-3-7-18(21)15-19-8-4-6-10-22(19)25/h3-15,23,26H,2,16H2,1H3,(H2,29,33)(H,30,34)/t23-,26+/m1/s1. The van der Waals surface area contributed by atoms with Crippen LogP contribution >= 0.6 is 0 Å². The summed E-state index contributed by atoms with van der Waals surface area (Å²) in [6, 6.07) is 20.9. The number of primary amides is 1. The number of carbonyl (C=O) groups excluding carboxylic acids is 3. The van der Waals surface area contributed by atoms with Crippen molar-refractivity contribution < 1.29 is 24.0 Å². The monoisotopic (exact) mass is 499 g/mol. The van der Waals surface area contributed by atoms with Gasteiger partial charge in [-0.1, -0.05) is 60.7 Å². The molecule has 37 heavy (non-hydrogen) atoms. The summed E-state index contributed by atoms with van der Waals surface area (Å²) in [6.07, 6.45) is -0.268. The number of hydrogen-bond acceptors (Lipinski definition) is 6. The van der Waals surface area contributed by atoms with Gasteiger partial charge in [0.2, 0.25) is 5.91 Å². The molecule has 4 aromatic rings. The van der Waals surface area contributed by atoms with Crippen LogP contribution < -0.4 is 11.1 Å². The van der Waals surface area contributed by atoms with Crippen molar-refractivity contribution in [3.63, 3.8) is 0 Å². The van der Waals surface area contributed by atoms with E-state index in [2.05, 4.69) is 5.32 Å². The highest BCUT2D eigenvalue weighted by Crippen LogP contribution is 2.30. The van der Waals surface area contributed by atoms with Crippen molar-refractivity contribution in [3.05, 3.63) is 100 Å². The molecule has 188 valence electrons. The number of non-ortho nitro benzene ring substituents is 1. The van der Waals surface area contributed by atoms with Gasteiger partial charge in [0.05, 0.1) is 23.5 Å². The van der Waals surface area contributed by atoms with Gasteiger partial charge in [0, 0.05) is 18.1 Å². The molecule has 3 N–H and O–H groups in total. The summed E-state index contributed by atoms with van der Waals surface area (Å²) in [5.41, 5.74) is 6.38. The Kier molecular flexibility index (Phi) is 7.43. The van der Waals surface area contributed by atoms with Crippen molar-refractivity contribution >= 4 is 45.0 Å². The van der Waals surface area contributed by atoms with E-state index in [4.69, 9.17) is 10.5 Å². The lowest BCUT2D eigenvalue weighted by molar-refractivity contribution is -0.384. The van der Waals surface area contributed by atoms with E-state index in [0.717, 1.165) is 10.8 Å². The fourth-order valence-electron chi connectivity index (χ4n) is 4.51. The highest BCUT2D eigenvalue weighted by Gasteiger charge is 2.33. The van der Waals surface area contributed by atoms with Crippen LogP contribution in [0.1, 0.15) is 35.2 Å². The number of nitro groups is 1. The van der Waals surface area contributed by atoms with Gasteiger partial charge >= 0.3 is 5.97 Å². The average Bonchev–Trinajstić information content (AvgIpc) is 2.89. The lowest BCUT2D eigenvalue weighted by Crippen LogP contribution is -2.48. The molecule has 0 unspecified atom stereocenters. The van der Waals surface area contributed by atoms with E-state index >= 15 is 0 Å². The van der Waals surface area contributed by atoms with E-state index in [1.54, 1.807) is 6.92 Å². The highest BCUT2D eigenvalue weighted by atomic mass is 16.6. The van der Waals surface area contributed by atoms with Crippen LogP contribution in [0, 0.1) is 10.1 Å². The predicted octanol–water partition coefficient (Wildman–Crippen LogP) is 4.22. The van der Waals surface area contributed by atoms with Gasteiger partial charge < -0.3 is 15.8 Å². The Hall–Kier alpha value is -4.79. The molecule has 0 aliphatic heterocycles. The second-order valence-electron chi connectivity index (χ2n) is 8.51. The number of nitrogens with one attached hydrogen (secondary N) is 1. The molecule has 0 spiro atoms. The minimum Gasteiger partial charge on any atom is -0.466 e. The Morgan fingerprint density at radius 2 is 1.51 bits per heavy atom. The fourth-order valence-corrected chi connectivity index (χ4v) is 4.51. The summed E-state index contributed by atoms with van der Waals surface area (Å²) in [7, 11) is 0. The Balaban J connectivity index is 1.78. The maximum Gasteiger partial charge on any atom is 0.306 e. The van der Waals surface area contributed by atoms with Gasteiger partial charge in [0.15, 0.2) is 0 Å². The summed E-state index contributed by atoms with van der Waals surface area (Å²) >= 11 is 0. The van der Waals surface area contributed by atoms with E-state index in [-0.39, 0.29) is 18.7 Å². The number of nitro benzene ring substituents is 1. The smallest absolute Gasteiger partial charge is 0.306 e. The van der Waals surface area contributed by atoms with Crippen molar-refractivity contribution in [2.24, 2.45) is 5.73 Å². The summed E-state index contributed by atoms with van der Waals surface area (Å²) in [5, 5.41) is 16.9. The molecule has 9 nitrogen and oxygen atoms in total. The summed E-state index contributed by atoms with van der Waals surface area (Å²) in [5.74, 6) is -2.90. The normalized spacial score (nSPS) is 12.6.